The first-order valence-corrected chi connectivity index (χ1v) is 5.51. The van der Waals surface area contributed by atoms with Crippen LogP contribution < -0.4 is 0 Å². The Balaban J connectivity index is 3.14. The summed E-state index contributed by atoms with van der Waals surface area (Å²) >= 11 is 0. The number of halogens is 1. The summed E-state index contributed by atoms with van der Waals surface area (Å²) < 4.78 is 33.0. The number of hydrogen-bond donors (Lipinski definition) is 0. The van der Waals surface area contributed by atoms with E-state index in [1.807, 2.05) is 0 Å². The number of nitro benzene ring substituents is 1. The Morgan fingerprint density at radius 1 is 1.47 bits per heavy atom. The molecule has 0 amide bonds. The summed E-state index contributed by atoms with van der Waals surface area (Å²) in [6.45, 7) is 1.52. The molecule has 0 unspecified atom stereocenters. The van der Waals surface area contributed by atoms with Crippen molar-refractivity contribution in [3.05, 3.63) is 39.4 Å². The number of nitro groups is 1. The molecular formula is C8H8FNO4S. The summed E-state index contributed by atoms with van der Waals surface area (Å²) in [4.78, 5) is 9.87. The van der Waals surface area contributed by atoms with Crippen molar-refractivity contribution >= 4 is 15.9 Å². The molecule has 1 rings (SSSR count). The standard InChI is InChI=1S/C8H8FNO4S/c1-6-2-3-7(5-15(9,13)14)4-8(6)10(11)12/h2-4H,5H2,1H3. The minimum absolute atomic E-state index is 0.0646. The van der Waals surface area contributed by atoms with Gasteiger partial charge in [0.1, 0.15) is 5.75 Å². The molecule has 0 radical (unpaired) electrons. The Bertz CT molecular complexity index is 497. The van der Waals surface area contributed by atoms with Crippen LogP contribution in [-0.2, 0) is 16.0 Å². The van der Waals surface area contributed by atoms with Crippen LogP contribution in [0.1, 0.15) is 11.1 Å². The molecule has 0 N–H and O–H groups in total. The summed E-state index contributed by atoms with van der Waals surface area (Å²) in [5, 5.41) is 10.5. The number of hydrogen-bond acceptors (Lipinski definition) is 4. The third-order valence-electron chi connectivity index (χ3n) is 1.81. The molecule has 0 atom stereocenters. The van der Waals surface area contributed by atoms with E-state index in [9.17, 15) is 22.4 Å². The molecule has 0 aromatic heterocycles. The van der Waals surface area contributed by atoms with Gasteiger partial charge in [-0.3, -0.25) is 10.1 Å². The highest BCUT2D eigenvalue weighted by molar-refractivity contribution is 7.85. The molecule has 0 aliphatic carbocycles. The van der Waals surface area contributed by atoms with E-state index in [0.29, 0.717) is 5.56 Å². The lowest BCUT2D eigenvalue weighted by atomic mass is 10.1. The zero-order chi connectivity index (χ0) is 11.6. The monoisotopic (exact) mass is 233 g/mol. The van der Waals surface area contributed by atoms with Crippen LogP contribution in [-0.4, -0.2) is 13.3 Å². The van der Waals surface area contributed by atoms with E-state index in [0.717, 1.165) is 6.07 Å². The second-order valence-electron chi connectivity index (χ2n) is 3.06. The van der Waals surface area contributed by atoms with Crippen LogP contribution in [0.3, 0.4) is 0 Å². The van der Waals surface area contributed by atoms with Gasteiger partial charge in [-0.2, -0.15) is 8.42 Å². The first kappa shape index (κ1) is 11.6. The average molecular weight is 233 g/mol. The molecule has 82 valence electrons. The highest BCUT2D eigenvalue weighted by atomic mass is 32.3. The van der Waals surface area contributed by atoms with Crippen molar-refractivity contribution in [2.75, 3.05) is 0 Å². The Morgan fingerprint density at radius 3 is 2.53 bits per heavy atom. The summed E-state index contributed by atoms with van der Waals surface area (Å²) in [6.07, 6.45) is 0. The van der Waals surface area contributed by atoms with Gasteiger partial charge in [-0.25, -0.2) is 0 Å². The minimum atomic E-state index is -4.66. The number of aryl methyl sites for hydroxylation is 1. The lowest BCUT2D eigenvalue weighted by Crippen LogP contribution is -1.98. The van der Waals surface area contributed by atoms with E-state index < -0.39 is 20.9 Å². The van der Waals surface area contributed by atoms with Gasteiger partial charge in [-0.1, -0.05) is 12.1 Å². The fourth-order valence-electron chi connectivity index (χ4n) is 1.14. The molecule has 7 heteroatoms. The highest BCUT2D eigenvalue weighted by Crippen LogP contribution is 2.20. The fraction of sp³-hybridized carbons (Fsp3) is 0.250. The SMILES string of the molecule is Cc1ccc(CS(=O)(=O)F)cc1[N+](=O)[O-]. The third kappa shape index (κ3) is 3.28. The molecule has 0 saturated heterocycles. The summed E-state index contributed by atoms with van der Waals surface area (Å²) in [5.41, 5.74) is 0.256. The lowest BCUT2D eigenvalue weighted by molar-refractivity contribution is -0.385. The summed E-state index contributed by atoms with van der Waals surface area (Å²) in [7, 11) is -4.66. The van der Waals surface area contributed by atoms with Crippen molar-refractivity contribution in [3.63, 3.8) is 0 Å². The number of rotatable bonds is 3. The topological polar surface area (TPSA) is 77.3 Å². The maximum Gasteiger partial charge on any atom is 0.306 e. The molecule has 0 heterocycles. The Hall–Kier alpha value is -1.50. The smallest absolute Gasteiger partial charge is 0.258 e. The van der Waals surface area contributed by atoms with Crippen molar-refractivity contribution in [2.24, 2.45) is 0 Å². The zero-order valence-corrected chi connectivity index (χ0v) is 8.62. The van der Waals surface area contributed by atoms with E-state index in [2.05, 4.69) is 0 Å². The predicted molar refractivity (Wildman–Crippen MR) is 51.6 cm³/mol. The normalized spacial score (nSPS) is 11.3. The van der Waals surface area contributed by atoms with Crippen molar-refractivity contribution < 1.29 is 17.2 Å². The number of nitrogens with zero attached hydrogens (tertiary/aromatic N) is 1. The molecule has 0 aliphatic rings. The van der Waals surface area contributed by atoms with Crippen LogP contribution in [0, 0.1) is 17.0 Å². The van der Waals surface area contributed by atoms with Crippen LogP contribution in [0.2, 0.25) is 0 Å². The van der Waals surface area contributed by atoms with Crippen molar-refractivity contribution in [2.45, 2.75) is 12.7 Å². The Labute approximate surface area is 85.9 Å². The van der Waals surface area contributed by atoms with Crippen LogP contribution in [0.25, 0.3) is 0 Å². The van der Waals surface area contributed by atoms with Crippen molar-refractivity contribution in [1.29, 1.82) is 0 Å². The van der Waals surface area contributed by atoms with Gasteiger partial charge in [0.2, 0.25) is 0 Å². The Kier molecular flexibility index (Phi) is 3.04. The van der Waals surface area contributed by atoms with Gasteiger partial charge in [-0.05, 0) is 12.5 Å². The maximum absolute atomic E-state index is 12.3. The fourth-order valence-corrected chi connectivity index (χ4v) is 1.72. The highest BCUT2D eigenvalue weighted by Gasteiger charge is 2.15. The van der Waals surface area contributed by atoms with Gasteiger partial charge >= 0.3 is 10.2 Å². The van der Waals surface area contributed by atoms with Crippen molar-refractivity contribution in [3.8, 4) is 0 Å². The van der Waals surface area contributed by atoms with Gasteiger partial charge in [-0.15, -0.1) is 3.89 Å². The van der Waals surface area contributed by atoms with Gasteiger partial charge in [0.05, 0.1) is 4.92 Å². The Morgan fingerprint density at radius 2 is 2.07 bits per heavy atom. The molecule has 0 aliphatic heterocycles. The van der Waals surface area contributed by atoms with Gasteiger partial charge in [0.15, 0.2) is 0 Å². The van der Waals surface area contributed by atoms with Gasteiger partial charge < -0.3 is 0 Å². The molecule has 1 aromatic rings. The molecule has 0 saturated carbocycles. The van der Waals surface area contributed by atoms with Crippen LogP contribution in [0.5, 0.6) is 0 Å². The quantitative estimate of drug-likeness (QED) is 0.452. The van der Waals surface area contributed by atoms with E-state index in [4.69, 9.17) is 0 Å². The molecule has 0 bridgehead atoms. The second kappa shape index (κ2) is 3.93. The first-order chi connectivity index (χ1) is 6.79. The van der Waals surface area contributed by atoms with Crippen molar-refractivity contribution in [1.82, 2.24) is 0 Å². The predicted octanol–water partition coefficient (Wildman–Crippen LogP) is 1.70. The maximum atomic E-state index is 12.3. The van der Waals surface area contributed by atoms with Crippen LogP contribution in [0.4, 0.5) is 9.57 Å². The molecular weight excluding hydrogens is 225 g/mol. The summed E-state index contributed by atoms with van der Waals surface area (Å²) in [6, 6.07) is 3.80. The van der Waals surface area contributed by atoms with E-state index in [-0.39, 0.29) is 11.3 Å². The number of benzene rings is 1. The lowest BCUT2D eigenvalue weighted by Gasteiger charge is -2.00. The largest absolute Gasteiger partial charge is 0.306 e. The van der Waals surface area contributed by atoms with E-state index in [1.165, 1.54) is 19.1 Å². The van der Waals surface area contributed by atoms with Crippen LogP contribution in [0.15, 0.2) is 18.2 Å². The molecule has 0 fully saturated rings. The molecule has 1 aromatic carbocycles. The molecule has 5 nitrogen and oxygen atoms in total. The zero-order valence-electron chi connectivity index (χ0n) is 7.81. The van der Waals surface area contributed by atoms with E-state index in [1.54, 1.807) is 0 Å². The minimum Gasteiger partial charge on any atom is -0.258 e. The summed E-state index contributed by atoms with van der Waals surface area (Å²) in [5.74, 6) is -0.839. The third-order valence-corrected chi connectivity index (χ3v) is 2.49. The molecule has 15 heavy (non-hydrogen) atoms. The van der Waals surface area contributed by atoms with Gasteiger partial charge in [0, 0.05) is 11.6 Å². The van der Waals surface area contributed by atoms with Crippen LogP contribution >= 0.6 is 0 Å². The first-order valence-electron chi connectivity index (χ1n) is 3.96. The van der Waals surface area contributed by atoms with E-state index >= 15 is 0 Å². The second-order valence-corrected chi connectivity index (χ2v) is 4.43. The average Bonchev–Trinajstić information content (AvgIpc) is 2.05. The van der Waals surface area contributed by atoms with Gasteiger partial charge in [0.25, 0.3) is 5.69 Å². The molecule has 0 spiro atoms.